The lowest BCUT2D eigenvalue weighted by Crippen LogP contribution is -2.27. The molecule has 21 heavy (non-hydrogen) atoms. The number of ketones is 1. The molecule has 0 radical (unpaired) electrons. The molecule has 1 atom stereocenters. The quantitative estimate of drug-likeness (QED) is 0.471. The summed E-state index contributed by atoms with van der Waals surface area (Å²) in [4.78, 5) is 22.7. The molecule has 7 nitrogen and oxygen atoms in total. The highest BCUT2D eigenvalue weighted by Gasteiger charge is 2.26. The van der Waals surface area contributed by atoms with Crippen molar-refractivity contribution in [2.24, 2.45) is 0 Å². The Morgan fingerprint density at radius 3 is 2.71 bits per heavy atom. The number of carbonyl (C=O) groups is 1. The lowest BCUT2D eigenvalue weighted by Gasteiger charge is -2.10. The van der Waals surface area contributed by atoms with Gasteiger partial charge in [0.2, 0.25) is 6.79 Å². The summed E-state index contributed by atoms with van der Waals surface area (Å²) in [5.74, 6) is 0.394. The summed E-state index contributed by atoms with van der Waals surface area (Å²) >= 11 is 0. The van der Waals surface area contributed by atoms with Crippen molar-refractivity contribution in [1.29, 1.82) is 0 Å². The average Bonchev–Trinajstić information content (AvgIpc) is 2.92. The van der Waals surface area contributed by atoms with Gasteiger partial charge in [-0.3, -0.25) is 14.9 Å². The number of fused-ring (bicyclic) bond motifs is 1. The van der Waals surface area contributed by atoms with Gasteiger partial charge in [-0.2, -0.15) is 0 Å². The molecule has 7 heteroatoms. The van der Waals surface area contributed by atoms with Gasteiger partial charge >= 0.3 is 0 Å². The molecule has 2 rings (SSSR count). The van der Waals surface area contributed by atoms with Crippen LogP contribution >= 0.6 is 0 Å². The van der Waals surface area contributed by atoms with Crippen LogP contribution in [0.3, 0.4) is 0 Å². The first-order chi connectivity index (χ1) is 10.0. The largest absolute Gasteiger partial charge is 0.454 e. The minimum absolute atomic E-state index is 0.0136. The summed E-state index contributed by atoms with van der Waals surface area (Å²) in [6.45, 7) is 4.56. The van der Waals surface area contributed by atoms with Crippen LogP contribution in [0.4, 0.5) is 5.69 Å². The van der Waals surface area contributed by atoms with Gasteiger partial charge in [-0.25, -0.2) is 0 Å². The third kappa shape index (κ3) is 3.49. The maximum Gasteiger partial charge on any atom is 0.284 e. The van der Waals surface area contributed by atoms with Crippen LogP contribution in [0.15, 0.2) is 12.1 Å². The molecule has 1 aromatic carbocycles. The molecule has 0 spiro atoms. The van der Waals surface area contributed by atoms with E-state index in [4.69, 9.17) is 9.47 Å². The van der Waals surface area contributed by atoms with Crippen molar-refractivity contribution in [3.05, 3.63) is 27.8 Å². The van der Waals surface area contributed by atoms with E-state index in [1.807, 2.05) is 13.8 Å². The Labute approximate surface area is 122 Å². The highest BCUT2D eigenvalue weighted by atomic mass is 16.7. The van der Waals surface area contributed by atoms with Crippen LogP contribution < -0.4 is 14.8 Å². The molecule has 1 heterocycles. The van der Waals surface area contributed by atoms with Gasteiger partial charge in [0, 0.05) is 25.1 Å². The third-order valence-corrected chi connectivity index (χ3v) is 3.45. The van der Waals surface area contributed by atoms with Gasteiger partial charge in [0.05, 0.1) is 16.6 Å². The number of nitrogens with zero attached hydrogens (tertiary/aromatic N) is 1. The zero-order chi connectivity index (χ0) is 15.4. The van der Waals surface area contributed by atoms with Crippen LogP contribution in [-0.4, -0.2) is 30.1 Å². The molecule has 1 aliphatic heterocycles. The Kier molecular flexibility index (Phi) is 4.74. The Morgan fingerprint density at radius 1 is 1.43 bits per heavy atom. The number of ether oxygens (including phenoxy) is 2. The number of nitro groups is 1. The summed E-state index contributed by atoms with van der Waals surface area (Å²) < 4.78 is 10.3. The van der Waals surface area contributed by atoms with E-state index in [0.29, 0.717) is 24.1 Å². The number of Topliss-reactive ketones (excluding diaryl/α,β-unsaturated/α-hetero) is 1. The van der Waals surface area contributed by atoms with Crippen LogP contribution in [-0.2, 0) is 0 Å². The van der Waals surface area contributed by atoms with Crippen molar-refractivity contribution < 1.29 is 19.2 Å². The maximum atomic E-state index is 12.2. The summed E-state index contributed by atoms with van der Waals surface area (Å²) in [6, 6.07) is 2.95. The fourth-order valence-corrected chi connectivity index (χ4v) is 2.02. The SMILES string of the molecule is CCC(C)NCCC(=O)c1cc2c(cc1[N+](=O)[O-])OCO2. The van der Waals surface area contributed by atoms with Crippen molar-refractivity contribution in [3.8, 4) is 11.5 Å². The predicted molar refractivity (Wildman–Crippen MR) is 75.9 cm³/mol. The zero-order valence-electron chi connectivity index (χ0n) is 12.0. The molecule has 1 N–H and O–H groups in total. The second kappa shape index (κ2) is 6.53. The van der Waals surface area contributed by atoms with Gasteiger partial charge in [-0.05, 0) is 13.3 Å². The number of nitrogens with one attached hydrogen (secondary N) is 1. The van der Waals surface area contributed by atoms with Gasteiger partial charge < -0.3 is 14.8 Å². The second-order valence-corrected chi connectivity index (χ2v) is 4.92. The summed E-state index contributed by atoms with van der Waals surface area (Å²) in [6.07, 6.45) is 1.16. The summed E-state index contributed by atoms with van der Waals surface area (Å²) in [5, 5.41) is 14.3. The van der Waals surface area contributed by atoms with Crippen molar-refractivity contribution in [2.75, 3.05) is 13.3 Å². The predicted octanol–water partition coefficient (Wildman–Crippen LogP) is 2.28. The first-order valence-electron chi connectivity index (χ1n) is 6.87. The molecule has 1 aliphatic rings. The van der Waals surface area contributed by atoms with E-state index >= 15 is 0 Å². The number of carbonyl (C=O) groups excluding carboxylic acids is 1. The topological polar surface area (TPSA) is 90.7 Å². The van der Waals surface area contributed by atoms with Crippen LogP contribution in [0, 0.1) is 10.1 Å². The van der Waals surface area contributed by atoms with Crippen molar-refractivity contribution in [1.82, 2.24) is 5.32 Å². The molecule has 0 saturated heterocycles. The fraction of sp³-hybridized carbons (Fsp3) is 0.500. The lowest BCUT2D eigenvalue weighted by atomic mass is 10.0. The van der Waals surface area contributed by atoms with E-state index < -0.39 is 4.92 Å². The van der Waals surface area contributed by atoms with Crippen LogP contribution in [0.25, 0.3) is 0 Å². The van der Waals surface area contributed by atoms with Crippen molar-refractivity contribution in [3.63, 3.8) is 0 Å². The van der Waals surface area contributed by atoms with Crippen LogP contribution in [0.1, 0.15) is 37.0 Å². The molecule has 0 amide bonds. The van der Waals surface area contributed by atoms with E-state index in [-0.39, 0.29) is 30.2 Å². The molecule has 114 valence electrons. The van der Waals surface area contributed by atoms with E-state index in [1.165, 1.54) is 12.1 Å². The number of hydrogen-bond acceptors (Lipinski definition) is 6. The normalized spacial score (nSPS) is 14.0. The maximum absolute atomic E-state index is 12.2. The first kappa shape index (κ1) is 15.2. The molecular formula is C14H18N2O5. The molecule has 0 saturated carbocycles. The first-order valence-corrected chi connectivity index (χ1v) is 6.87. The third-order valence-electron chi connectivity index (χ3n) is 3.45. The molecular weight excluding hydrogens is 276 g/mol. The molecule has 0 aliphatic carbocycles. The Morgan fingerprint density at radius 2 is 2.10 bits per heavy atom. The molecule has 1 unspecified atom stereocenters. The Hall–Kier alpha value is -2.15. The van der Waals surface area contributed by atoms with Crippen LogP contribution in [0.5, 0.6) is 11.5 Å². The van der Waals surface area contributed by atoms with Crippen LogP contribution in [0.2, 0.25) is 0 Å². The minimum atomic E-state index is -0.572. The monoisotopic (exact) mass is 294 g/mol. The van der Waals surface area contributed by atoms with Crippen molar-refractivity contribution >= 4 is 11.5 Å². The zero-order valence-corrected chi connectivity index (χ0v) is 12.0. The number of nitro benzene ring substituents is 1. The van der Waals surface area contributed by atoms with E-state index in [2.05, 4.69) is 5.32 Å². The van der Waals surface area contributed by atoms with Gasteiger partial charge in [-0.1, -0.05) is 6.92 Å². The van der Waals surface area contributed by atoms with Gasteiger partial charge in [0.1, 0.15) is 0 Å². The number of benzene rings is 1. The lowest BCUT2D eigenvalue weighted by molar-refractivity contribution is -0.385. The fourth-order valence-electron chi connectivity index (χ4n) is 2.02. The molecule has 0 fully saturated rings. The molecule has 0 bridgehead atoms. The van der Waals surface area contributed by atoms with Gasteiger partial charge in [0.15, 0.2) is 17.3 Å². The molecule has 0 aromatic heterocycles. The van der Waals surface area contributed by atoms with E-state index in [9.17, 15) is 14.9 Å². The summed E-state index contributed by atoms with van der Waals surface area (Å²) in [7, 11) is 0. The van der Waals surface area contributed by atoms with Gasteiger partial charge in [0.25, 0.3) is 5.69 Å². The molecule has 1 aromatic rings. The highest BCUT2D eigenvalue weighted by Crippen LogP contribution is 2.38. The Bertz CT molecular complexity index is 559. The second-order valence-electron chi connectivity index (χ2n) is 4.92. The summed E-state index contributed by atoms with van der Waals surface area (Å²) in [5.41, 5.74) is -0.178. The number of rotatable bonds is 7. The standard InChI is InChI=1S/C14H18N2O5/c1-3-9(2)15-5-4-12(17)10-6-13-14(21-8-20-13)7-11(10)16(18)19/h6-7,9,15H,3-5,8H2,1-2H3. The highest BCUT2D eigenvalue weighted by molar-refractivity contribution is 6.00. The van der Waals surface area contributed by atoms with Crippen molar-refractivity contribution in [2.45, 2.75) is 32.7 Å². The van der Waals surface area contributed by atoms with E-state index in [0.717, 1.165) is 6.42 Å². The van der Waals surface area contributed by atoms with E-state index in [1.54, 1.807) is 0 Å². The number of hydrogen-bond donors (Lipinski definition) is 1. The Balaban J connectivity index is 2.14. The average molecular weight is 294 g/mol. The minimum Gasteiger partial charge on any atom is -0.454 e. The smallest absolute Gasteiger partial charge is 0.284 e. The van der Waals surface area contributed by atoms with Gasteiger partial charge in [-0.15, -0.1) is 0 Å².